The molecule has 1 heterocycles. The van der Waals surface area contributed by atoms with Crippen LogP contribution >= 0.6 is 11.8 Å². The van der Waals surface area contributed by atoms with E-state index >= 15 is 0 Å². The molecule has 0 saturated carbocycles. The van der Waals surface area contributed by atoms with Crippen molar-refractivity contribution in [1.82, 2.24) is 9.21 Å². The number of hydrogen-bond acceptors (Lipinski definition) is 6. The molecular weight excluding hydrogens is 446 g/mol. The molecular formula is C23H27N3O4S2. The number of hydrogen-bond donors (Lipinski definition) is 0. The van der Waals surface area contributed by atoms with Gasteiger partial charge in [-0.15, -0.1) is 0 Å². The molecule has 0 radical (unpaired) electrons. The third-order valence-corrected chi connectivity index (χ3v) is 7.74. The third-order valence-electron chi connectivity index (χ3n) is 4.85. The number of aryl methyl sites for hydroxylation is 1. The predicted molar refractivity (Wildman–Crippen MR) is 130 cm³/mol. The number of rotatable bonds is 6. The number of benzene rings is 2. The molecule has 9 heteroatoms. The monoisotopic (exact) mass is 473 g/mol. The smallest absolute Gasteiger partial charge is 0.252 e. The van der Waals surface area contributed by atoms with Gasteiger partial charge in [-0.2, -0.15) is 0 Å². The van der Waals surface area contributed by atoms with Crippen molar-refractivity contribution in [3.05, 3.63) is 59.7 Å². The lowest BCUT2D eigenvalue weighted by Gasteiger charge is -2.14. The quantitative estimate of drug-likeness (QED) is 0.594. The van der Waals surface area contributed by atoms with Crippen molar-refractivity contribution >= 4 is 44.6 Å². The van der Waals surface area contributed by atoms with E-state index in [0.717, 1.165) is 15.4 Å². The van der Waals surface area contributed by atoms with E-state index in [1.165, 1.54) is 44.1 Å². The van der Waals surface area contributed by atoms with Gasteiger partial charge in [0.1, 0.15) is 5.75 Å². The van der Waals surface area contributed by atoms with E-state index in [2.05, 4.69) is 4.99 Å². The zero-order chi connectivity index (χ0) is 23.5. The Balaban J connectivity index is 1.88. The number of thioether (sulfide) groups is 1. The van der Waals surface area contributed by atoms with Gasteiger partial charge in [0.25, 0.3) is 5.91 Å². The summed E-state index contributed by atoms with van der Waals surface area (Å²) in [7, 11) is 0.995. The summed E-state index contributed by atoms with van der Waals surface area (Å²) in [6, 6.07) is 12.2. The fraction of sp³-hybridized carbons (Fsp3) is 0.304. The molecule has 32 heavy (non-hydrogen) atoms. The van der Waals surface area contributed by atoms with Crippen LogP contribution < -0.4 is 4.74 Å². The van der Waals surface area contributed by atoms with Gasteiger partial charge in [0.15, 0.2) is 5.17 Å². The highest BCUT2D eigenvalue weighted by Gasteiger charge is 2.30. The van der Waals surface area contributed by atoms with Crippen molar-refractivity contribution in [1.29, 1.82) is 0 Å². The van der Waals surface area contributed by atoms with Crippen LogP contribution in [0.15, 0.2) is 58.4 Å². The lowest BCUT2D eigenvalue weighted by molar-refractivity contribution is -0.122. The van der Waals surface area contributed by atoms with Crippen LogP contribution in [0.5, 0.6) is 5.75 Å². The number of carbonyl (C=O) groups is 1. The molecule has 1 fully saturated rings. The van der Waals surface area contributed by atoms with Crippen LogP contribution in [-0.2, 0) is 14.8 Å². The van der Waals surface area contributed by atoms with E-state index in [1.54, 1.807) is 30.2 Å². The second-order valence-corrected chi connectivity index (χ2v) is 11.2. The molecule has 7 nitrogen and oxygen atoms in total. The van der Waals surface area contributed by atoms with Gasteiger partial charge in [0.05, 0.1) is 17.7 Å². The highest BCUT2D eigenvalue weighted by molar-refractivity contribution is 8.14. The Hall–Kier alpha value is -2.62. The van der Waals surface area contributed by atoms with Crippen molar-refractivity contribution in [2.45, 2.75) is 24.0 Å². The first kappa shape index (κ1) is 24.0. The Labute approximate surface area is 193 Å². The predicted octanol–water partition coefficient (Wildman–Crippen LogP) is 3.92. The van der Waals surface area contributed by atoms with E-state index in [0.29, 0.717) is 23.1 Å². The van der Waals surface area contributed by atoms with Gasteiger partial charge in [-0.1, -0.05) is 36.4 Å². The Morgan fingerprint density at radius 3 is 2.69 bits per heavy atom. The van der Waals surface area contributed by atoms with Crippen LogP contribution in [0.2, 0.25) is 0 Å². The maximum absolute atomic E-state index is 13.0. The average molecular weight is 474 g/mol. The van der Waals surface area contributed by atoms with Crippen molar-refractivity contribution in [3.8, 4) is 5.75 Å². The van der Waals surface area contributed by atoms with Crippen LogP contribution in [0.25, 0.3) is 6.08 Å². The first-order valence-corrected chi connectivity index (χ1v) is 12.4. The van der Waals surface area contributed by atoms with Crippen molar-refractivity contribution < 1.29 is 17.9 Å². The summed E-state index contributed by atoms with van der Waals surface area (Å²) in [4.78, 5) is 19.3. The lowest BCUT2D eigenvalue weighted by atomic mass is 10.1. The minimum atomic E-state index is -3.57. The van der Waals surface area contributed by atoms with E-state index < -0.39 is 10.0 Å². The Bertz CT molecular complexity index is 1170. The molecule has 1 saturated heterocycles. The first-order chi connectivity index (χ1) is 15.1. The minimum Gasteiger partial charge on any atom is -0.496 e. The lowest BCUT2D eigenvalue weighted by Crippen LogP contribution is -2.30. The Morgan fingerprint density at radius 1 is 1.25 bits per heavy atom. The topological polar surface area (TPSA) is 79.3 Å². The number of aliphatic imine (C=N–C) groups is 1. The van der Waals surface area contributed by atoms with Gasteiger partial charge in [0, 0.05) is 37.5 Å². The second kappa shape index (κ2) is 9.89. The van der Waals surface area contributed by atoms with Crippen LogP contribution in [0.4, 0.5) is 5.69 Å². The largest absolute Gasteiger partial charge is 0.496 e. The zero-order valence-electron chi connectivity index (χ0n) is 18.8. The molecule has 1 amide bonds. The van der Waals surface area contributed by atoms with Crippen molar-refractivity contribution in [3.63, 3.8) is 0 Å². The van der Waals surface area contributed by atoms with Gasteiger partial charge in [-0.3, -0.25) is 9.69 Å². The Kier molecular flexibility index (Phi) is 7.43. The van der Waals surface area contributed by atoms with Crippen LogP contribution in [0.3, 0.4) is 0 Å². The summed E-state index contributed by atoms with van der Waals surface area (Å²) in [5, 5.41) is 0.719. The molecule has 0 spiro atoms. The standard InChI is InChI=1S/C23H27N3O4S2/c1-16-9-11-21(30-5)18(13-16)10-12-22(27)26-15-17(2)31-23(26)24-19-7-6-8-20(14-19)32(28,29)25(3)4/h6-14,17H,15H2,1-5H3/b12-10+,24-23?. The number of sulfonamides is 1. The van der Waals surface area contributed by atoms with Crippen LogP contribution in [0, 0.1) is 6.92 Å². The molecule has 170 valence electrons. The SMILES string of the molecule is COc1ccc(C)cc1/C=C/C(=O)N1CC(C)SC1=Nc1cccc(S(=O)(=O)N(C)C)c1. The highest BCUT2D eigenvalue weighted by atomic mass is 32.2. The molecule has 0 aliphatic carbocycles. The van der Waals surface area contributed by atoms with Crippen LogP contribution in [-0.4, -0.2) is 61.7 Å². The summed E-state index contributed by atoms with van der Waals surface area (Å²) in [6.45, 7) is 4.52. The number of ether oxygens (including phenoxy) is 1. The molecule has 1 aliphatic heterocycles. The summed E-state index contributed by atoms with van der Waals surface area (Å²) in [6.07, 6.45) is 3.25. The fourth-order valence-corrected chi connectivity index (χ4v) is 5.13. The van der Waals surface area contributed by atoms with Crippen molar-refractivity contribution in [2.75, 3.05) is 27.7 Å². The number of methoxy groups -OCH3 is 1. The highest BCUT2D eigenvalue weighted by Crippen LogP contribution is 2.30. The van der Waals surface area contributed by atoms with E-state index in [4.69, 9.17) is 4.74 Å². The summed E-state index contributed by atoms with van der Waals surface area (Å²) < 4.78 is 31.4. The van der Waals surface area contributed by atoms with Gasteiger partial charge >= 0.3 is 0 Å². The number of nitrogens with zero attached hydrogens (tertiary/aromatic N) is 3. The molecule has 1 unspecified atom stereocenters. The number of amidine groups is 1. The maximum atomic E-state index is 13.0. The fourth-order valence-electron chi connectivity index (χ4n) is 3.16. The maximum Gasteiger partial charge on any atom is 0.252 e. The summed E-state index contributed by atoms with van der Waals surface area (Å²) in [5.41, 5.74) is 2.37. The molecule has 1 atom stereocenters. The number of amides is 1. The zero-order valence-corrected chi connectivity index (χ0v) is 20.4. The molecule has 1 aliphatic rings. The average Bonchev–Trinajstić information content (AvgIpc) is 3.12. The summed E-state index contributed by atoms with van der Waals surface area (Å²) in [5.74, 6) is 0.498. The molecule has 2 aromatic rings. The third kappa shape index (κ3) is 5.40. The van der Waals surface area contributed by atoms with Gasteiger partial charge in [-0.25, -0.2) is 17.7 Å². The Morgan fingerprint density at radius 2 is 2.00 bits per heavy atom. The van der Waals surface area contributed by atoms with E-state index in [9.17, 15) is 13.2 Å². The van der Waals surface area contributed by atoms with Gasteiger partial charge in [-0.05, 0) is 43.3 Å². The molecule has 0 N–H and O–H groups in total. The van der Waals surface area contributed by atoms with E-state index in [1.807, 2.05) is 32.0 Å². The summed E-state index contributed by atoms with van der Waals surface area (Å²) >= 11 is 1.48. The van der Waals surface area contributed by atoms with E-state index in [-0.39, 0.29) is 16.1 Å². The van der Waals surface area contributed by atoms with Crippen LogP contribution in [0.1, 0.15) is 18.1 Å². The second-order valence-electron chi connectivity index (χ2n) is 7.64. The minimum absolute atomic E-state index is 0.157. The molecule has 3 rings (SSSR count). The first-order valence-electron chi connectivity index (χ1n) is 10.0. The molecule has 0 aromatic heterocycles. The van der Waals surface area contributed by atoms with Crippen molar-refractivity contribution in [2.24, 2.45) is 4.99 Å². The normalized spacial score (nSPS) is 18.1. The molecule has 0 bridgehead atoms. The van der Waals surface area contributed by atoms with Gasteiger partial charge < -0.3 is 4.74 Å². The van der Waals surface area contributed by atoms with Gasteiger partial charge in [0.2, 0.25) is 10.0 Å². The number of carbonyl (C=O) groups excluding carboxylic acids is 1. The molecule has 2 aromatic carbocycles.